The number of halogens is 1. The van der Waals surface area contributed by atoms with Crippen LogP contribution in [0.4, 0.5) is 0 Å². The quantitative estimate of drug-likeness (QED) is 0.337. The second kappa shape index (κ2) is 11.2. The van der Waals surface area contributed by atoms with Gasteiger partial charge in [-0.1, -0.05) is 18.0 Å². The number of methoxy groups -OCH3 is 1. The summed E-state index contributed by atoms with van der Waals surface area (Å²) in [5.41, 5.74) is 0. The van der Waals surface area contributed by atoms with Crippen LogP contribution in [0, 0.1) is 5.92 Å². The smallest absolute Gasteiger partial charge is 0.305 e. The number of ether oxygens (including phenoxy) is 1. The van der Waals surface area contributed by atoms with E-state index in [0.717, 1.165) is 19.1 Å². The molecule has 0 fully saturated rings. The maximum Gasteiger partial charge on any atom is 0.305 e. The summed E-state index contributed by atoms with van der Waals surface area (Å²) >= 11 is 5.75. The third kappa shape index (κ3) is 8.47. The van der Waals surface area contributed by atoms with E-state index in [9.17, 15) is 18.0 Å². The van der Waals surface area contributed by atoms with Gasteiger partial charge in [0.05, 0.1) is 12.0 Å². The molecule has 0 aromatic heterocycles. The molecule has 0 unspecified atom stereocenters. The van der Waals surface area contributed by atoms with E-state index in [-0.39, 0.29) is 23.2 Å². The van der Waals surface area contributed by atoms with Gasteiger partial charge in [0.2, 0.25) is 10.0 Å². The van der Waals surface area contributed by atoms with Crippen molar-refractivity contribution in [1.82, 2.24) is 4.72 Å². The summed E-state index contributed by atoms with van der Waals surface area (Å²) in [7, 11) is -2.20. The molecule has 0 saturated heterocycles. The van der Waals surface area contributed by atoms with Crippen molar-refractivity contribution in [3.05, 3.63) is 29.3 Å². The summed E-state index contributed by atoms with van der Waals surface area (Å²) in [5, 5.41) is 0.479. The van der Waals surface area contributed by atoms with Crippen molar-refractivity contribution in [3.63, 3.8) is 0 Å². The first-order chi connectivity index (χ1) is 11.9. The fraction of sp³-hybridized carbons (Fsp3) is 0.529. The highest BCUT2D eigenvalue weighted by Crippen LogP contribution is 2.18. The summed E-state index contributed by atoms with van der Waals surface area (Å²) in [6.07, 6.45) is 4.32. The Morgan fingerprint density at radius 1 is 1.24 bits per heavy atom. The predicted octanol–water partition coefficient (Wildman–Crippen LogP) is 2.95. The summed E-state index contributed by atoms with van der Waals surface area (Å²) in [5.74, 6) is -0.170. The molecular formula is C17H24ClNO5S. The predicted molar refractivity (Wildman–Crippen MR) is 95.9 cm³/mol. The highest BCUT2D eigenvalue weighted by atomic mass is 35.5. The molecule has 8 heteroatoms. The number of unbranched alkanes of at least 4 members (excludes halogenated alkanes) is 1. The number of hydrogen-bond acceptors (Lipinski definition) is 5. The van der Waals surface area contributed by atoms with Gasteiger partial charge in [0.1, 0.15) is 6.29 Å². The van der Waals surface area contributed by atoms with Gasteiger partial charge in [0, 0.05) is 24.4 Å². The summed E-state index contributed by atoms with van der Waals surface area (Å²) < 4.78 is 31.3. The normalized spacial score (nSPS) is 12.6. The number of carbonyl (C=O) groups excluding carboxylic acids is 2. The van der Waals surface area contributed by atoms with E-state index in [1.54, 1.807) is 0 Å². The molecule has 1 atom stereocenters. The molecule has 1 rings (SSSR count). The van der Waals surface area contributed by atoms with Crippen molar-refractivity contribution in [2.75, 3.05) is 13.7 Å². The van der Waals surface area contributed by atoms with Crippen molar-refractivity contribution in [3.8, 4) is 0 Å². The van der Waals surface area contributed by atoms with Crippen LogP contribution in [0.5, 0.6) is 0 Å². The minimum atomic E-state index is -3.54. The number of nitrogens with one attached hydrogen (secondary N) is 1. The maximum absolute atomic E-state index is 12.1. The molecule has 1 N–H and O–H groups in total. The average molecular weight is 390 g/mol. The van der Waals surface area contributed by atoms with E-state index in [4.69, 9.17) is 11.6 Å². The molecule has 25 heavy (non-hydrogen) atoms. The minimum absolute atomic E-state index is 0.115. The monoisotopic (exact) mass is 389 g/mol. The van der Waals surface area contributed by atoms with E-state index in [1.807, 2.05) is 0 Å². The van der Waals surface area contributed by atoms with Crippen LogP contribution in [-0.2, 0) is 24.3 Å². The third-order valence-electron chi connectivity index (χ3n) is 3.87. The van der Waals surface area contributed by atoms with Crippen molar-refractivity contribution >= 4 is 33.9 Å². The SMILES string of the molecule is COC(=O)CC[C@@H](CC=O)CCCCNS(=O)(=O)c1ccc(Cl)cc1. The van der Waals surface area contributed by atoms with Crippen LogP contribution in [-0.4, -0.2) is 34.3 Å². The van der Waals surface area contributed by atoms with E-state index >= 15 is 0 Å². The lowest BCUT2D eigenvalue weighted by atomic mass is 9.94. The first-order valence-corrected chi connectivity index (χ1v) is 10.0. The van der Waals surface area contributed by atoms with Crippen LogP contribution in [0.25, 0.3) is 0 Å². The molecule has 0 spiro atoms. The molecular weight excluding hydrogens is 366 g/mol. The summed E-state index contributed by atoms with van der Waals surface area (Å²) in [4.78, 5) is 22.1. The average Bonchev–Trinajstić information content (AvgIpc) is 2.59. The van der Waals surface area contributed by atoms with Gasteiger partial charge in [0.15, 0.2) is 0 Å². The second-order valence-electron chi connectivity index (χ2n) is 5.73. The lowest BCUT2D eigenvalue weighted by Crippen LogP contribution is -2.24. The van der Waals surface area contributed by atoms with Gasteiger partial charge in [-0.3, -0.25) is 4.79 Å². The number of hydrogen-bond donors (Lipinski definition) is 1. The van der Waals surface area contributed by atoms with Gasteiger partial charge in [0.25, 0.3) is 0 Å². The van der Waals surface area contributed by atoms with Crippen LogP contribution in [0.3, 0.4) is 0 Å². The number of rotatable bonds is 12. The standard InChI is InChI=1S/C17H24ClNO5S/c1-24-17(21)10-5-14(11-13-20)4-2-3-12-19-25(22,23)16-8-6-15(18)7-9-16/h6-9,13-14,19H,2-5,10-12H2,1H3/t14-/m0/s1. The first-order valence-electron chi connectivity index (χ1n) is 8.14. The van der Waals surface area contributed by atoms with Gasteiger partial charge < -0.3 is 9.53 Å². The molecule has 0 aliphatic rings. The number of esters is 1. The van der Waals surface area contributed by atoms with Crippen LogP contribution >= 0.6 is 11.6 Å². The molecule has 0 amide bonds. The van der Waals surface area contributed by atoms with E-state index < -0.39 is 10.0 Å². The Hall–Kier alpha value is -1.44. The number of benzene rings is 1. The number of carbonyl (C=O) groups is 2. The molecule has 0 bridgehead atoms. The van der Waals surface area contributed by atoms with E-state index in [0.29, 0.717) is 30.8 Å². The van der Waals surface area contributed by atoms with E-state index in [1.165, 1.54) is 31.4 Å². The zero-order valence-corrected chi connectivity index (χ0v) is 15.8. The van der Waals surface area contributed by atoms with Crippen LogP contribution in [0.1, 0.15) is 38.5 Å². The van der Waals surface area contributed by atoms with Gasteiger partial charge >= 0.3 is 5.97 Å². The fourth-order valence-corrected chi connectivity index (χ4v) is 3.60. The lowest BCUT2D eigenvalue weighted by Gasteiger charge is -2.13. The molecule has 0 aliphatic carbocycles. The Kier molecular flexibility index (Phi) is 9.70. The maximum atomic E-state index is 12.1. The Bertz CT molecular complexity index is 646. The molecule has 0 aliphatic heterocycles. The zero-order chi connectivity index (χ0) is 18.7. The molecule has 1 aromatic rings. The third-order valence-corrected chi connectivity index (χ3v) is 5.60. The molecule has 1 aromatic carbocycles. The van der Waals surface area contributed by atoms with Crippen LogP contribution in [0.15, 0.2) is 29.2 Å². The van der Waals surface area contributed by atoms with Crippen LogP contribution in [0.2, 0.25) is 5.02 Å². The highest BCUT2D eigenvalue weighted by molar-refractivity contribution is 7.89. The van der Waals surface area contributed by atoms with Crippen molar-refractivity contribution in [2.24, 2.45) is 5.92 Å². The molecule has 0 heterocycles. The number of aldehydes is 1. The Labute approximate surface area is 153 Å². The summed E-state index contributed by atoms with van der Waals surface area (Å²) in [6.45, 7) is 0.315. The van der Waals surface area contributed by atoms with Crippen molar-refractivity contribution < 1.29 is 22.7 Å². The van der Waals surface area contributed by atoms with Gasteiger partial charge in [-0.25, -0.2) is 13.1 Å². The topological polar surface area (TPSA) is 89.5 Å². The Morgan fingerprint density at radius 3 is 2.52 bits per heavy atom. The second-order valence-corrected chi connectivity index (χ2v) is 7.93. The first kappa shape index (κ1) is 21.6. The molecule has 0 radical (unpaired) electrons. The van der Waals surface area contributed by atoms with Gasteiger partial charge in [-0.2, -0.15) is 0 Å². The molecule has 140 valence electrons. The molecule has 6 nitrogen and oxygen atoms in total. The van der Waals surface area contributed by atoms with Crippen molar-refractivity contribution in [2.45, 2.75) is 43.4 Å². The fourth-order valence-electron chi connectivity index (χ4n) is 2.40. The summed E-state index contributed by atoms with van der Waals surface area (Å²) in [6, 6.07) is 5.97. The molecule has 0 saturated carbocycles. The van der Waals surface area contributed by atoms with E-state index in [2.05, 4.69) is 9.46 Å². The largest absolute Gasteiger partial charge is 0.469 e. The highest BCUT2D eigenvalue weighted by Gasteiger charge is 2.14. The number of sulfonamides is 1. The lowest BCUT2D eigenvalue weighted by molar-refractivity contribution is -0.141. The Balaban J connectivity index is 2.34. The van der Waals surface area contributed by atoms with Crippen molar-refractivity contribution in [1.29, 1.82) is 0 Å². The van der Waals surface area contributed by atoms with Crippen LogP contribution < -0.4 is 4.72 Å². The van der Waals surface area contributed by atoms with Gasteiger partial charge in [-0.05, 0) is 49.4 Å². The Morgan fingerprint density at radius 2 is 1.92 bits per heavy atom. The minimum Gasteiger partial charge on any atom is -0.469 e. The zero-order valence-electron chi connectivity index (χ0n) is 14.2. The van der Waals surface area contributed by atoms with Gasteiger partial charge in [-0.15, -0.1) is 0 Å².